The molecule has 1 aromatic carbocycles. The van der Waals surface area contributed by atoms with E-state index in [1.165, 1.54) is 5.56 Å². The second kappa shape index (κ2) is 10.9. The van der Waals surface area contributed by atoms with Crippen LogP contribution in [0.2, 0.25) is 0 Å². The highest BCUT2D eigenvalue weighted by atomic mass is 16.5. The molecule has 0 atom stereocenters. The molecule has 0 radical (unpaired) electrons. The normalized spacial score (nSPS) is 7.67. The molecule has 0 bridgehead atoms. The van der Waals surface area contributed by atoms with Crippen LogP contribution in [0.3, 0.4) is 0 Å². The van der Waals surface area contributed by atoms with Crippen LogP contribution in [-0.2, 0) is 0 Å². The summed E-state index contributed by atoms with van der Waals surface area (Å²) in [4.78, 5) is 0. The maximum atomic E-state index is 5.15. The maximum absolute atomic E-state index is 5.15. The molecule has 0 aromatic heterocycles. The average Bonchev–Trinajstić information content (AvgIpc) is 2.33. The third-order valence-electron chi connectivity index (χ3n) is 1.70. The van der Waals surface area contributed by atoms with E-state index in [2.05, 4.69) is 5.32 Å². The van der Waals surface area contributed by atoms with Crippen molar-refractivity contribution in [2.24, 2.45) is 0 Å². The number of benzene rings is 1. The Labute approximate surface area is 94.7 Å². The Kier molecular flexibility index (Phi) is 11.8. The van der Waals surface area contributed by atoms with Gasteiger partial charge in [-0.1, -0.05) is 39.8 Å². The summed E-state index contributed by atoms with van der Waals surface area (Å²) in [5.41, 5.74) is 2.27. The molecule has 88 valence electrons. The topological polar surface area (TPSA) is 21.3 Å². The Morgan fingerprint density at radius 1 is 1.07 bits per heavy atom. The zero-order valence-electron chi connectivity index (χ0n) is 11.1. The van der Waals surface area contributed by atoms with E-state index in [0.29, 0.717) is 0 Å². The van der Waals surface area contributed by atoms with Gasteiger partial charge in [0.1, 0.15) is 5.75 Å². The van der Waals surface area contributed by atoms with E-state index in [1.807, 2.05) is 59.9 Å². The molecule has 0 aliphatic rings. The first kappa shape index (κ1) is 16.3. The number of rotatable bonds is 2. The standard InChI is InChI=1S/C9H13NO.2C2H6/c1-7-5-4-6-8(11-3)9(7)10-2;2*1-2/h4-6,10H,1-3H3;2*1-2H3. The van der Waals surface area contributed by atoms with Crippen LogP contribution in [0.1, 0.15) is 33.3 Å². The predicted octanol–water partition coefficient (Wildman–Crippen LogP) is 4.10. The number of anilines is 1. The molecule has 1 N–H and O–H groups in total. The molecular weight excluding hydrogens is 186 g/mol. The van der Waals surface area contributed by atoms with Gasteiger partial charge in [-0.05, 0) is 18.6 Å². The third kappa shape index (κ3) is 5.31. The summed E-state index contributed by atoms with van der Waals surface area (Å²) < 4.78 is 5.15. The van der Waals surface area contributed by atoms with Crippen molar-refractivity contribution in [1.29, 1.82) is 0 Å². The maximum Gasteiger partial charge on any atom is 0.142 e. The second-order valence-electron chi connectivity index (χ2n) is 2.40. The molecule has 0 aliphatic heterocycles. The molecule has 0 fully saturated rings. The molecule has 0 aliphatic carbocycles. The van der Waals surface area contributed by atoms with Gasteiger partial charge in [0.25, 0.3) is 0 Å². The number of hydrogen-bond acceptors (Lipinski definition) is 2. The Morgan fingerprint density at radius 3 is 1.93 bits per heavy atom. The van der Waals surface area contributed by atoms with Crippen LogP contribution in [0.15, 0.2) is 18.2 Å². The van der Waals surface area contributed by atoms with Crippen LogP contribution in [0.25, 0.3) is 0 Å². The van der Waals surface area contributed by atoms with Gasteiger partial charge in [0.05, 0.1) is 12.8 Å². The fourth-order valence-electron chi connectivity index (χ4n) is 1.13. The summed E-state index contributed by atoms with van der Waals surface area (Å²) in [6.45, 7) is 10.0. The monoisotopic (exact) mass is 211 g/mol. The van der Waals surface area contributed by atoms with Crippen molar-refractivity contribution >= 4 is 5.69 Å². The molecule has 2 nitrogen and oxygen atoms in total. The molecule has 1 aromatic rings. The van der Waals surface area contributed by atoms with Gasteiger partial charge >= 0.3 is 0 Å². The lowest BCUT2D eigenvalue weighted by Crippen LogP contribution is -1.95. The minimum Gasteiger partial charge on any atom is -0.495 e. The van der Waals surface area contributed by atoms with Gasteiger partial charge in [-0.15, -0.1) is 0 Å². The van der Waals surface area contributed by atoms with Gasteiger partial charge in [-0.2, -0.15) is 0 Å². The van der Waals surface area contributed by atoms with E-state index in [1.54, 1.807) is 7.11 Å². The van der Waals surface area contributed by atoms with Crippen LogP contribution < -0.4 is 10.1 Å². The Morgan fingerprint density at radius 2 is 1.60 bits per heavy atom. The van der Waals surface area contributed by atoms with E-state index < -0.39 is 0 Å². The molecule has 15 heavy (non-hydrogen) atoms. The fourth-order valence-corrected chi connectivity index (χ4v) is 1.13. The quantitative estimate of drug-likeness (QED) is 0.795. The van der Waals surface area contributed by atoms with Gasteiger partial charge in [0.15, 0.2) is 0 Å². The van der Waals surface area contributed by atoms with Crippen molar-refractivity contribution < 1.29 is 4.74 Å². The van der Waals surface area contributed by atoms with E-state index >= 15 is 0 Å². The van der Waals surface area contributed by atoms with Gasteiger partial charge < -0.3 is 10.1 Å². The molecule has 0 spiro atoms. The molecule has 0 heterocycles. The Balaban J connectivity index is 0. The number of nitrogens with one attached hydrogen (secondary N) is 1. The number of aryl methyl sites for hydroxylation is 1. The Bertz CT molecular complexity index is 246. The van der Waals surface area contributed by atoms with E-state index in [-0.39, 0.29) is 0 Å². The highest BCUT2D eigenvalue weighted by Crippen LogP contribution is 2.26. The van der Waals surface area contributed by atoms with Crippen molar-refractivity contribution in [3.8, 4) is 5.75 Å². The molecule has 0 saturated carbocycles. The first-order valence-corrected chi connectivity index (χ1v) is 5.61. The van der Waals surface area contributed by atoms with E-state index in [9.17, 15) is 0 Å². The van der Waals surface area contributed by atoms with Gasteiger partial charge in [-0.25, -0.2) is 0 Å². The van der Waals surface area contributed by atoms with Crippen LogP contribution in [0.5, 0.6) is 5.75 Å². The summed E-state index contributed by atoms with van der Waals surface area (Å²) in [5, 5.41) is 3.09. The highest BCUT2D eigenvalue weighted by molar-refractivity contribution is 5.61. The van der Waals surface area contributed by atoms with Crippen molar-refractivity contribution in [3.05, 3.63) is 23.8 Å². The summed E-state index contributed by atoms with van der Waals surface area (Å²) in [5.74, 6) is 0.896. The first-order valence-electron chi connectivity index (χ1n) is 5.61. The summed E-state index contributed by atoms with van der Waals surface area (Å²) in [7, 11) is 3.57. The smallest absolute Gasteiger partial charge is 0.142 e. The fraction of sp³-hybridized carbons (Fsp3) is 0.538. The summed E-state index contributed by atoms with van der Waals surface area (Å²) >= 11 is 0. The van der Waals surface area contributed by atoms with Gasteiger partial charge in [0.2, 0.25) is 0 Å². The SMILES string of the molecule is CC.CC.CNc1c(C)cccc1OC. The molecular formula is C13H25NO. The minimum absolute atomic E-state index is 0.896. The van der Waals surface area contributed by atoms with Crippen LogP contribution in [0, 0.1) is 6.92 Å². The summed E-state index contributed by atoms with van der Waals surface area (Å²) in [6, 6.07) is 5.97. The molecule has 2 heteroatoms. The van der Waals surface area contributed by atoms with Crippen LogP contribution >= 0.6 is 0 Å². The van der Waals surface area contributed by atoms with Crippen LogP contribution in [-0.4, -0.2) is 14.2 Å². The third-order valence-corrected chi connectivity index (χ3v) is 1.70. The molecule has 0 saturated heterocycles. The van der Waals surface area contributed by atoms with Crippen molar-refractivity contribution in [1.82, 2.24) is 0 Å². The number of ether oxygens (including phenoxy) is 1. The van der Waals surface area contributed by atoms with Crippen LogP contribution in [0.4, 0.5) is 5.69 Å². The second-order valence-corrected chi connectivity index (χ2v) is 2.40. The lowest BCUT2D eigenvalue weighted by molar-refractivity contribution is 0.416. The Hall–Kier alpha value is -1.18. The predicted molar refractivity (Wildman–Crippen MR) is 70.0 cm³/mol. The lowest BCUT2D eigenvalue weighted by atomic mass is 10.2. The average molecular weight is 211 g/mol. The first-order chi connectivity index (χ1) is 7.29. The van der Waals surface area contributed by atoms with Crippen molar-refractivity contribution in [2.75, 3.05) is 19.5 Å². The number of para-hydroxylation sites is 1. The van der Waals surface area contributed by atoms with Crippen molar-refractivity contribution in [2.45, 2.75) is 34.6 Å². The van der Waals surface area contributed by atoms with Crippen molar-refractivity contribution in [3.63, 3.8) is 0 Å². The zero-order valence-corrected chi connectivity index (χ0v) is 11.1. The lowest BCUT2D eigenvalue weighted by Gasteiger charge is -2.09. The number of methoxy groups -OCH3 is 1. The highest BCUT2D eigenvalue weighted by Gasteiger charge is 2.01. The zero-order chi connectivity index (χ0) is 12.3. The molecule has 0 amide bonds. The minimum atomic E-state index is 0.896. The summed E-state index contributed by atoms with van der Waals surface area (Å²) in [6.07, 6.45) is 0. The van der Waals surface area contributed by atoms with Gasteiger partial charge in [-0.3, -0.25) is 0 Å². The largest absolute Gasteiger partial charge is 0.495 e. The van der Waals surface area contributed by atoms with Gasteiger partial charge in [0, 0.05) is 7.05 Å². The molecule has 1 rings (SSSR count). The molecule has 0 unspecified atom stereocenters. The number of hydrogen-bond donors (Lipinski definition) is 1. The van der Waals surface area contributed by atoms with E-state index in [0.717, 1.165) is 11.4 Å². The van der Waals surface area contributed by atoms with E-state index in [4.69, 9.17) is 4.74 Å².